The number of fused-ring (bicyclic) bond motifs is 1. The van der Waals surface area contributed by atoms with Crippen LogP contribution in [0.5, 0.6) is 0 Å². The van der Waals surface area contributed by atoms with Crippen molar-refractivity contribution >= 4 is 24.5 Å². The van der Waals surface area contributed by atoms with Crippen LogP contribution in [-0.2, 0) is 7.05 Å². The van der Waals surface area contributed by atoms with Crippen LogP contribution in [0.25, 0.3) is 11.0 Å². The van der Waals surface area contributed by atoms with Gasteiger partial charge in [0.1, 0.15) is 13.7 Å². The van der Waals surface area contributed by atoms with Crippen LogP contribution in [0.1, 0.15) is 5.82 Å². The molecule has 0 atom stereocenters. The standard InChI is InChI=1S/C7H7BN4/c1-4-10-6(8)5-3-9-12(2)7(5)11-4/h3H,1-2H3. The molecule has 2 heterocycles. The Morgan fingerprint density at radius 3 is 2.92 bits per heavy atom. The van der Waals surface area contributed by atoms with Crippen LogP contribution in [0.4, 0.5) is 0 Å². The molecular weight excluding hydrogens is 151 g/mol. The van der Waals surface area contributed by atoms with E-state index in [-0.39, 0.29) is 0 Å². The highest BCUT2D eigenvalue weighted by molar-refractivity contribution is 6.36. The van der Waals surface area contributed by atoms with Gasteiger partial charge in [-0.25, -0.2) is 9.97 Å². The monoisotopic (exact) mass is 158 g/mol. The third kappa shape index (κ3) is 0.896. The molecule has 4 nitrogen and oxygen atoms in total. The van der Waals surface area contributed by atoms with Gasteiger partial charge >= 0.3 is 0 Å². The number of nitrogens with zero attached hydrogens (tertiary/aromatic N) is 4. The summed E-state index contributed by atoms with van der Waals surface area (Å²) in [5.41, 5.74) is 1.27. The summed E-state index contributed by atoms with van der Waals surface area (Å²) in [6.07, 6.45) is 1.67. The average Bonchev–Trinajstić information content (AvgIpc) is 2.33. The van der Waals surface area contributed by atoms with E-state index in [1.807, 2.05) is 14.0 Å². The fourth-order valence-electron chi connectivity index (χ4n) is 1.16. The zero-order chi connectivity index (χ0) is 8.72. The van der Waals surface area contributed by atoms with Crippen molar-refractivity contribution in [3.63, 3.8) is 0 Å². The van der Waals surface area contributed by atoms with Crippen LogP contribution in [-0.4, -0.2) is 27.6 Å². The molecule has 58 valence electrons. The second kappa shape index (κ2) is 2.30. The second-order valence-corrected chi connectivity index (χ2v) is 2.66. The van der Waals surface area contributed by atoms with Crippen LogP contribution < -0.4 is 5.59 Å². The van der Waals surface area contributed by atoms with E-state index in [2.05, 4.69) is 15.1 Å². The molecule has 0 fully saturated rings. The van der Waals surface area contributed by atoms with Crippen molar-refractivity contribution in [2.24, 2.45) is 7.05 Å². The Morgan fingerprint density at radius 2 is 2.17 bits per heavy atom. The lowest BCUT2D eigenvalue weighted by Gasteiger charge is -1.97. The smallest absolute Gasteiger partial charge is 0.160 e. The Bertz CT molecular complexity index is 434. The quantitative estimate of drug-likeness (QED) is 0.484. The first-order chi connectivity index (χ1) is 5.68. The molecular formula is C7H7BN4. The molecule has 0 unspecified atom stereocenters. The van der Waals surface area contributed by atoms with E-state index >= 15 is 0 Å². The second-order valence-electron chi connectivity index (χ2n) is 2.66. The van der Waals surface area contributed by atoms with Gasteiger partial charge in [0.05, 0.1) is 6.20 Å². The highest BCUT2D eigenvalue weighted by Gasteiger charge is 2.04. The minimum absolute atomic E-state index is 0.491. The zero-order valence-electron chi connectivity index (χ0n) is 6.94. The highest BCUT2D eigenvalue weighted by Crippen LogP contribution is 2.04. The van der Waals surface area contributed by atoms with Gasteiger partial charge in [-0.3, -0.25) is 4.68 Å². The van der Waals surface area contributed by atoms with Gasteiger partial charge in [0.25, 0.3) is 0 Å². The Hall–Kier alpha value is -1.39. The van der Waals surface area contributed by atoms with Crippen LogP contribution in [0.3, 0.4) is 0 Å². The lowest BCUT2D eigenvalue weighted by Crippen LogP contribution is -2.12. The Labute approximate surface area is 71.0 Å². The van der Waals surface area contributed by atoms with E-state index in [4.69, 9.17) is 7.85 Å². The molecule has 0 saturated heterocycles. The Kier molecular flexibility index (Phi) is 1.39. The molecule has 0 bridgehead atoms. The number of aryl methyl sites for hydroxylation is 2. The van der Waals surface area contributed by atoms with Crippen molar-refractivity contribution in [2.45, 2.75) is 6.92 Å². The number of rotatable bonds is 0. The summed E-state index contributed by atoms with van der Waals surface area (Å²) in [5.74, 6) is 0.670. The van der Waals surface area contributed by atoms with Gasteiger partial charge < -0.3 is 0 Å². The predicted octanol–water partition coefficient (Wildman–Crippen LogP) is -0.534. The van der Waals surface area contributed by atoms with Gasteiger partial charge in [-0.2, -0.15) is 5.10 Å². The van der Waals surface area contributed by atoms with E-state index in [1.54, 1.807) is 10.9 Å². The van der Waals surface area contributed by atoms with Gasteiger partial charge in [-0.05, 0) is 6.92 Å². The predicted molar refractivity (Wildman–Crippen MR) is 46.4 cm³/mol. The van der Waals surface area contributed by atoms with Crippen LogP contribution >= 0.6 is 0 Å². The molecule has 0 aromatic carbocycles. The topological polar surface area (TPSA) is 43.6 Å². The van der Waals surface area contributed by atoms with Gasteiger partial charge in [-0.15, -0.1) is 0 Å². The minimum Gasteiger partial charge on any atom is -0.250 e. The summed E-state index contributed by atoms with van der Waals surface area (Å²) in [6, 6.07) is 0. The molecule has 0 amide bonds. The van der Waals surface area contributed by atoms with E-state index in [0.717, 1.165) is 11.0 Å². The summed E-state index contributed by atoms with van der Waals surface area (Å²) in [5, 5.41) is 4.84. The van der Waals surface area contributed by atoms with Crippen molar-refractivity contribution in [2.75, 3.05) is 0 Å². The van der Waals surface area contributed by atoms with Gasteiger partial charge in [-0.1, -0.05) is 0 Å². The molecule has 0 spiro atoms. The molecule has 2 rings (SSSR count). The third-order valence-electron chi connectivity index (χ3n) is 1.73. The lowest BCUT2D eigenvalue weighted by molar-refractivity contribution is 0.783. The molecule has 0 saturated carbocycles. The zero-order valence-corrected chi connectivity index (χ0v) is 6.94. The summed E-state index contributed by atoms with van der Waals surface area (Å²) in [4.78, 5) is 8.23. The van der Waals surface area contributed by atoms with Crippen molar-refractivity contribution < 1.29 is 0 Å². The third-order valence-corrected chi connectivity index (χ3v) is 1.73. The molecule has 5 heteroatoms. The summed E-state index contributed by atoms with van der Waals surface area (Å²) >= 11 is 0. The summed E-state index contributed by atoms with van der Waals surface area (Å²) < 4.78 is 1.68. The number of hydrogen-bond acceptors (Lipinski definition) is 3. The van der Waals surface area contributed by atoms with Crippen molar-refractivity contribution in [3.05, 3.63) is 12.0 Å². The number of aromatic nitrogens is 4. The van der Waals surface area contributed by atoms with E-state index in [1.165, 1.54) is 0 Å². The molecule has 12 heavy (non-hydrogen) atoms. The molecule has 0 N–H and O–H groups in total. The summed E-state index contributed by atoms with van der Waals surface area (Å²) in [6.45, 7) is 1.81. The van der Waals surface area contributed by atoms with Crippen LogP contribution in [0.15, 0.2) is 6.20 Å². The largest absolute Gasteiger partial charge is 0.250 e. The molecule has 0 aliphatic carbocycles. The Morgan fingerprint density at radius 1 is 1.42 bits per heavy atom. The maximum atomic E-state index is 5.67. The lowest BCUT2D eigenvalue weighted by atomic mass is 10.0. The molecule has 2 aromatic rings. The van der Waals surface area contributed by atoms with Crippen molar-refractivity contribution in [3.8, 4) is 0 Å². The number of hydrogen-bond donors (Lipinski definition) is 0. The highest BCUT2D eigenvalue weighted by atomic mass is 15.3. The van der Waals surface area contributed by atoms with Crippen molar-refractivity contribution in [1.82, 2.24) is 19.7 Å². The van der Waals surface area contributed by atoms with Crippen molar-refractivity contribution in [1.29, 1.82) is 0 Å². The SMILES string of the molecule is [B]c1nc(C)nc2c1cnn2C. The minimum atomic E-state index is 0.491. The molecule has 2 aromatic heterocycles. The van der Waals surface area contributed by atoms with E-state index in [0.29, 0.717) is 11.4 Å². The van der Waals surface area contributed by atoms with Gasteiger partial charge in [0.2, 0.25) is 0 Å². The van der Waals surface area contributed by atoms with Crippen LogP contribution in [0.2, 0.25) is 0 Å². The Balaban J connectivity index is 2.92. The van der Waals surface area contributed by atoms with Crippen LogP contribution in [0, 0.1) is 6.92 Å². The first kappa shape index (κ1) is 7.27. The first-order valence-corrected chi connectivity index (χ1v) is 3.60. The fraction of sp³-hybridized carbons (Fsp3) is 0.286. The molecule has 2 radical (unpaired) electrons. The maximum Gasteiger partial charge on any atom is 0.160 e. The molecule has 0 aliphatic rings. The fourth-order valence-corrected chi connectivity index (χ4v) is 1.16. The van der Waals surface area contributed by atoms with Gasteiger partial charge in [0, 0.05) is 18.0 Å². The van der Waals surface area contributed by atoms with Gasteiger partial charge in [0.15, 0.2) is 5.65 Å². The van der Waals surface area contributed by atoms with E-state index in [9.17, 15) is 0 Å². The average molecular weight is 158 g/mol. The molecule has 0 aliphatic heterocycles. The summed E-state index contributed by atoms with van der Waals surface area (Å²) in [7, 11) is 7.49. The maximum absolute atomic E-state index is 5.67. The van der Waals surface area contributed by atoms with E-state index < -0.39 is 0 Å². The normalized spacial score (nSPS) is 10.8. The first-order valence-electron chi connectivity index (χ1n) is 3.60.